The minimum atomic E-state index is -3.82. The average Bonchev–Trinajstić information content (AvgIpc) is 2.95. The molecule has 6 nitrogen and oxygen atoms in total. The van der Waals surface area contributed by atoms with Crippen LogP contribution >= 0.6 is 0 Å². The van der Waals surface area contributed by atoms with Gasteiger partial charge in [-0.25, -0.2) is 13.2 Å². The van der Waals surface area contributed by atoms with Crippen LogP contribution in [0.1, 0.15) is 58.1 Å². The van der Waals surface area contributed by atoms with Crippen molar-refractivity contribution in [1.29, 1.82) is 0 Å². The van der Waals surface area contributed by atoms with Crippen LogP contribution in [0.25, 0.3) is 11.0 Å². The standard InChI is InChI=1S/C24H29NO5S/c1-7-8-9-29-24(26)22-18(6)30-21-12-15(3)20(13-19(21)22)25-31(27,28)23-16(4)10-14(2)11-17(23)5/h10-13,25H,7-9H2,1-6H3. The predicted octanol–water partition coefficient (Wildman–Crippen LogP) is 5.73. The summed E-state index contributed by atoms with van der Waals surface area (Å²) in [6.45, 7) is 11.4. The Balaban J connectivity index is 2.04. The van der Waals surface area contributed by atoms with Crippen LogP contribution in [0.3, 0.4) is 0 Å². The molecule has 31 heavy (non-hydrogen) atoms. The van der Waals surface area contributed by atoms with Crippen molar-refractivity contribution < 1.29 is 22.4 Å². The molecule has 166 valence electrons. The van der Waals surface area contributed by atoms with Crippen LogP contribution in [0.2, 0.25) is 0 Å². The zero-order valence-corrected chi connectivity index (χ0v) is 19.7. The van der Waals surface area contributed by atoms with Crippen molar-refractivity contribution >= 4 is 32.6 Å². The molecule has 2 aromatic carbocycles. The molecule has 0 saturated carbocycles. The first-order chi connectivity index (χ1) is 14.5. The van der Waals surface area contributed by atoms with Crippen LogP contribution in [0.15, 0.2) is 33.6 Å². The first-order valence-electron chi connectivity index (χ1n) is 10.4. The Hall–Kier alpha value is -2.80. The van der Waals surface area contributed by atoms with Gasteiger partial charge >= 0.3 is 5.97 Å². The molecule has 0 aliphatic rings. The quantitative estimate of drug-likeness (QED) is 0.372. The fourth-order valence-electron chi connectivity index (χ4n) is 3.90. The molecular weight excluding hydrogens is 414 g/mol. The zero-order valence-electron chi connectivity index (χ0n) is 18.9. The van der Waals surface area contributed by atoms with Gasteiger partial charge < -0.3 is 9.15 Å². The van der Waals surface area contributed by atoms with E-state index >= 15 is 0 Å². The van der Waals surface area contributed by atoms with Crippen LogP contribution in [0, 0.1) is 34.6 Å². The number of hydrogen-bond donors (Lipinski definition) is 1. The van der Waals surface area contributed by atoms with Gasteiger partial charge in [-0.2, -0.15) is 0 Å². The van der Waals surface area contributed by atoms with E-state index in [0.29, 0.717) is 51.3 Å². The Kier molecular flexibility index (Phi) is 6.46. The molecule has 0 aliphatic carbocycles. The van der Waals surface area contributed by atoms with E-state index in [1.807, 2.05) is 26.0 Å². The number of sulfonamides is 1. The summed E-state index contributed by atoms with van der Waals surface area (Å²) < 4.78 is 40.2. The van der Waals surface area contributed by atoms with Gasteiger partial charge in [0.05, 0.1) is 17.2 Å². The molecule has 3 aromatic rings. The number of carbonyl (C=O) groups excluding carboxylic acids is 1. The number of nitrogens with one attached hydrogen (secondary N) is 1. The van der Waals surface area contributed by atoms with Crippen LogP contribution in [0.4, 0.5) is 5.69 Å². The summed E-state index contributed by atoms with van der Waals surface area (Å²) in [5, 5.41) is 0.527. The van der Waals surface area contributed by atoms with Crippen molar-refractivity contribution in [2.24, 2.45) is 0 Å². The molecule has 1 heterocycles. The lowest BCUT2D eigenvalue weighted by molar-refractivity contribution is 0.0500. The fourth-order valence-corrected chi connectivity index (χ4v) is 5.48. The lowest BCUT2D eigenvalue weighted by Crippen LogP contribution is -2.16. The van der Waals surface area contributed by atoms with E-state index in [1.54, 1.807) is 39.8 Å². The van der Waals surface area contributed by atoms with Crippen LogP contribution in [-0.2, 0) is 14.8 Å². The van der Waals surface area contributed by atoms with Crippen molar-refractivity contribution in [1.82, 2.24) is 0 Å². The second-order valence-corrected chi connectivity index (χ2v) is 9.64. The topological polar surface area (TPSA) is 85.6 Å². The summed E-state index contributed by atoms with van der Waals surface area (Å²) in [6.07, 6.45) is 1.70. The number of unbranched alkanes of at least 4 members (excludes halogenated alkanes) is 1. The Morgan fingerprint density at radius 1 is 1.00 bits per heavy atom. The van der Waals surface area contributed by atoms with E-state index in [-0.39, 0.29) is 4.90 Å². The lowest BCUT2D eigenvalue weighted by Gasteiger charge is -2.15. The molecule has 7 heteroatoms. The van der Waals surface area contributed by atoms with Gasteiger partial charge in [0.2, 0.25) is 0 Å². The van der Waals surface area contributed by atoms with Gasteiger partial charge in [-0.3, -0.25) is 4.72 Å². The van der Waals surface area contributed by atoms with E-state index in [2.05, 4.69) is 4.72 Å². The van der Waals surface area contributed by atoms with E-state index in [9.17, 15) is 13.2 Å². The third-order valence-electron chi connectivity index (χ3n) is 5.26. The van der Waals surface area contributed by atoms with Gasteiger partial charge in [-0.05, 0) is 69.9 Å². The van der Waals surface area contributed by atoms with Gasteiger partial charge in [0, 0.05) is 5.39 Å². The van der Waals surface area contributed by atoms with Crippen LogP contribution in [0.5, 0.6) is 0 Å². The smallest absolute Gasteiger partial charge is 0.342 e. The molecule has 1 N–H and O–H groups in total. The number of furan rings is 1. The van der Waals surface area contributed by atoms with Gasteiger partial charge in [0.15, 0.2) is 0 Å². The van der Waals surface area contributed by atoms with Gasteiger partial charge in [0.25, 0.3) is 10.0 Å². The number of hydrogen-bond acceptors (Lipinski definition) is 5. The number of anilines is 1. The zero-order chi connectivity index (χ0) is 22.9. The summed E-state index contributed by atoms with van der Waals surface area (Å²) in [5.74, 6) is -0.0197. The first kappa shape index (κ1) is 22.9. The summed E-state index contributed by atoms with van der Waals surface area (Å²) in [4.78, 5) is 12.9. The number of carbonyl (C=O) groups is 1. The maximum absolute atomic E-state index is 13.2. The highest BCUT2D eigenvalue weighted by molar-refractivity contribution is 7.92. The third-order valence-corrected chi connectivity index (χ3v) is 6.93. The SMILES string of the molecule is CCCCOC(=O)c1c(C)oc2cc(C)c(NS(=O)(=O)c3c(C)cc(C)cc3C)cc12. The molecule has 3 rings (SSSR count). The molecule has 0 bridgehead atoms. The molecule has 0 unspecified atom stereocenters. The molecular formula is C24H29NO5S. The van der Waals surface area contributed by atoms with Gasteiger partial charge in [-0.1, -0.05) is 31.0 Å². The Bertz CT molecular complexity index is 1230. The highest BCUT2D eigenvalue weighted by atomic mass is 32.2. The second kappa shape index (κ2) is 8.75. The Morgan fingerprint density at radius 3 is 2.26 bits per heavy atom. The number of ether oxygens (including phenoxy) is 1. The Morgan fingerprint density at radius 2 is 1.65 bits per heavy atom. The lowest BCUT2D eigenvalue weighted by atomic mass is 10.1. The molecule has 0 atom stereocenters. The molecule has 0 fully saturated rings. The van der Waals surface area contributed by atoms with E-state index in [4.69, 9.17) is 9.15 Å². The fraction of sp³-hybridized carbons (Fsp3) is 0.375. The summed E-state index contributed by atoms with van der Waals surface area (Å²) in [7, 11) is -3.82. The van der Waals surface area contributed by atoms with Crippen molar-refractivity contribution in [2.45, 2.75) is 59.3 Å². The van der Waals surface area contributed by atoms with Gasteiger partial charge in [0.1, 0.15) is 16.9 Å². The number of benzene rings is 2. The van der Waals surface area contributed by atoms with E-state index < -0.39 is 16.0 Å². The molecule has 0 radical (unpaired) electrons. The number of fused-ring (bicyclic) bond motifs is 1. The van der Waals surface area contributed by atoms with Crippen molar-refractivity contribution in [3.63, 3.8) is 0 Å². The molecule has 0 aliphatic heterocycles. The maximum atomic E-state index is 13.2. The first-order valence-corrected chi connectivity index (χ1v) is 11.8. The molecule has 0 saturated heterocycles. The minimum absolute atomic E-state index is 0.264. The summed E-state index contributed by atoms with van der Waals surface area (Å²) in [6, 6.07) is 7.08. The largest absolute Gasteiger partial charge is 0.462 e. The third kappa shape index (κ3) is 4.61. The minimum Gasteiger partial charge on any atom is -0.462 e. The predicted molar refractivity (Wildman–Crippen MR) is 122 cm³/mol. The van der Waals surface area contributed by atoms with Crippen molar-refractivity contribution in [3.8, 4) is 0 Å². The Labute approximate surface area is 183 Å². The van der Waals surface area contributed by atoms with Crippen molar-refractivity contribution in [2.75, 3.05) is 11.3 Å². The summed E-state index contributed by atoms with van der Waals surface area (Å²) in [5.41, 5.74) is 4.31. The van der Waals surface area contributed by atoms with E-state index in [0.717, 1.165) is 18.4 Å². The highest BCUT2D eigenvalue weighted by Crippen LogP contribution is 2.33. The maximum Gasteiger partial charge on any atom is 0.342 e. The number of esters is 1. The van der Waals surface area contributed by atoms with Crippen molar-refractivity contribution in [3.05, 3.63) is 57.8 Å². The normalized spacial score (nSPS) is 11.7. The second-order valence-electron chi connectivity index (χ2n) is 8.02. The van der Waals surface area contributed by atoms with Crippen LogP contribution < -0.4 is 4.72 Å². The van der Waals surface area contributed by atoms with E-state index in [1.165, 1.54) is 0 Å². The molecule has 0 spiro atoms. The average molecular weight is 444 g/mol. The van der Waals surface area contributed by atoms with Crippen LogP contribution in [-0.4, -0.2) is 21.0 Å². The molecule has 1 aromatic heterocycles. The number of aryl methyl sites for hydroxylation is 5. The molecule has 0 amide bonds. The summed E-state index contributed by atoms with van der Waals surface area (Å²) >= 11 is 0. The van der Waals surface area contributed by atoms with Gasteiger partial charge in [-0.15, -0.1) is 0 Å². The number of rotatable bonds is 7. The monoisotopic (exact) mass is 443 g/mol. The highest BCUT2D eigenvalue weighted by Gasteiger charge is 2.24.